The van der Waals surface area contributed by atoms with E-state index >= 15 is 0 Å². The van der Waals surface area contributed by atoms with E-state index in [4.69, 9.17) is 19.6 Å². The van der Waals surface area contributed by atoms with Gasteiger partial charge in [-0.2, -0.15) is 0 Å². The fraction of sp³-hybridized carbons (Fsp3) is 0.619. The second-order valence-electron chi connectivity index (χ2n) is 8.53. The maximum Gasteiger partial charge on any atom is 0.316 e. The molecule has 0 amide bonds. The molecule has 1 saturated heterocycles. The van der Waals surface area contributed by atoms with Gasteiger partial charge in [0.25, 0.3) is 0 Å². The Bertz CT molecular complexity index is 1130. The molecule has 0 saturated carbocycles. The number of aryl methyl sites for hydroxylation is 2. The molecule has 1 aliphatic rings. The highest BCUT2D eigenvalue weighted by Crippen LogP contribution is 2.22. The van der Waals surface area contributed by atoms with Gasteiger partial charge in [-0.3, -0.25) is 14.2 Å². The van der Waals surface area contributed by atoms with Crippen molar-refractivity contribution in [3.63, 3.8) is 0 Å². The number of aromatic amines is 1. The van der Waals surface area contributed by atoms with Crippen LogP contribution in [0.2, 0.25) is 0 Å². The highest BCUT2D eigenvalue weighted by atomic mass is 17.2. The smallest absolute Gasteiger partial charge is 0.316 e. The molecule has 3 rings (SSSR count). The van der Waals surface area contributed by atoms with Gasteiger partial charge in [-0.05, 0) is 37.1 Å². The van der Waals surface area contributed by atoms with Gasteiger partial charge in [-0.15, -0.1) is 0 Å². The van der Waals surface area contributed by atoms with Crippen LogP contribution in [0.1, 0.15) is 11.1 Å². The summed E-state index contributed by atoms with van der Waals surface area (Å²) in [6, 6.07) is 3.32. The van der Waals surface area contributed by atoms with Gasteiger partial charge >= 0.3 is 11.1 Å². The third-order valence-corrected chi connectivity index (χ3v) is 6.00. The Morgan fingerprint density at radius 1 is 1.03 bits per heavy atom. The Labute approximate surface area is 198 Å². The summed E-state index contributed by atoms with van der Waals surface area (Å²) in [4.78, 5) is 36.4. The monoisotopic (exact) mass is 502 g/mol. The van der Waals surface area contributed by atoms with Crippen LogP contribution in [-0.2, 0) is 21.1 Å². The molecule has 1 aliphatic heterocycles. The van der Waals surface area contributed by atoms with E-state index in [9.17, 15) is 40.2 Å². The van der Waals surface area contributed by atoms with E-state index < -0.39 is 79.9 Å². The predicted molar refractivity (Wildman–Crippen MR) is 117 cm³/mol. The average molecular weight is 502 g/mol. The van der Waals surface area contributed by atoms with E-state index in [1.807, 2.05) is 6.92 Å². The minimum Gasteiger partial charge on any atom is -0.394 e. The topological polar surface area (TPSA) is 224 Å². The number of aliphatic hydroxyl groups is 7. The first kappa shape index (κ1) is 27.3. The molecule has 2 heterocycles. The highest BCUT2D eigenvalue weighted by Gasteiger charge is 2.44. The lowest BCUT2D eigenvalue weighted by Crippen LogP contribution is -2.59. The standard InChI is InChI=1S/C21H30N2O12/c1-8-3-10-11(4-9(8)2)23(20(32)19(31)22-10)5-12(25)15(27)13(26)7-33-35-21-18(30)17(29)16(28)14(6-24)34-21/h3-4,12-18,21,24-30H,5-7H2,1-2H3,(H,22,31)/t12-,13+,14+,15-,16+,17-,18+,21-/m0/s1. The summed E-state index contributed by atoms with van der Waals surface area (Å²) in [6.45, 7) is 1.68. The van der Waals surface area contributed by atoms with Crippen molar-refractivity contribution in [1.82, 2.24) is 9.55 Å². The number of ether oxygens (including phenoxy) is 1. The number of aromatic nitrogens is 2. The van der Waals surface area contributed by atoms with Crippen LogP contribution in [-0.4, -0.2) is 108 Å². The zero-order chi connectivity index (χ0) is 26.0. The normalized spacial score (nSPS) is 27.6. The number of fused-ring (bicyclic) bond motifs is 1. The number of hydrogen-bond donors (Lipinski definition) is 8. The molecule has 35 heavy (non-hydrogen) atoms. The van der Waals surface area contributed by atoms with Crippen LogP contribution in [0, 0.1) is 13.8 Å². The Kier molecular flexibility index (Phi) is 8.76. The summed E-state index contributed by atoms with van der Waals surface area (Å²) in [6.07, 6.45) is -13.2. The molecule has 14 heteroatoms. The molecule has 196 valence electrons. The average Bonchev–Trinajstić information content (AvgIpc) is 2.82. The number of hydrogen-bond acceptors (Lipinski definition) is 12. The SMILES string of the molecule is Cc1cc2[nH]c(=O)c(=O)n(C[C@H](O)[C@H](O)[C@H](O)COO[C@@H]3O[C@H](CO)[C@@H](O)[C@H](O)[C@H]3O)c2cc1C. The fourth-order valence-electron chi connectivity index (χ4n) is 3.69. The number of nitrogens with one attached hydrogen (secondary N) is 1. The zero-order valence-corrected chi connectivity index (χ0v) is 19.0. The van der Waals surface area contributed by atoms with Gasteiger partial charge in [0.2, 0.25) is 6.29 Å². The first-order chi connectivity index (χ1) is 16.5. The van der Waals surface area contributed by atoms with Crippen LogP contribution in [0.3, 0.4) is 0 Å². The highest BCUT2D eigenvalue weighted by molar-refractivity contribution is 5.76. The van der Waals surface area contributed by atoms with Gasteiger partial charge in [-0.1, -0.05) is 0 Å². The van der Waals surface area contributed by atoms with Gasteiger partial charge in [0.15, 0.2) is 0 Å². The summed E-state index contributed by atoms with van der Waals surface area (Å²) in [5, 5.41) is 69.4. The van der Waals surface area contributed by atoms with Crippen LogP contribution in [0.4, 0.5) is 0 Å². The van der Waals surface area contributed by atoms with Crippen LogP contribution >= 0.6 is 0 Å². The van der Waals surface area contributed by atoms with E-state index in [0.717, 1.165) is 15.7 Å². The van der Waals surface area contributed by atoms with Crippen molar-refractivity contribution in [3.8, 4) is 0 Å². The second kappa shape index (κ2) is 11.2. The molecule has 14 nitrogen and oxygen atoms in total. The summed E-state index contributed by atoms with van der Waals surface area (Å²) >= 11 is 0. The molecule has 0 aliphatic carbocycles. The molecule has 2 aromatic rings. The van der Waals surface area contributed by atoms with Crippen molar-refractivity contribution < 1.29 is 50.3 Å². The summed E-state index contributed by atoms with van der Waals surface area (Å²) in [7, 11) is 0. The summed E-state index contributed by atoms with van der Waals surface area (Å²) in [5.41, 5.74) is 0.497. The van der Waals surface area contributed by atoms with Gasteiger partial charge in [0.1, 0.15) is 49.3 Å². The van der Waals surface area contributed by atoms with E-state index in [1.54, 1.807) is 19.1 Å². The molecule has 0 bridgehead atoms. The van der Waals surface area contributed by atoms with Gasteiger partial charge in [0.05, 0.1) is 24.2 Å². The van der Waals surface area contributed by atoms with E-state index in [2.05, 4.69) is 4.98 Å². The number of rotatable bonds is 9. The number of benzene rings is 1. The lowest BCUT2D eigenvalue weighted by atomic mass is 9.99. The Morgan fingerprint density at radius 3 is 2.34 bits per heavy atom. The number of H-pyrrole nitrogens is 1. The van der Waals surface area contributed by atoms with Crippen molar-refractivity contribution in [2.75, 3.05) is 13.2 Å². The number of aliphatic hydroxyl groups excluding tert-OH is 7. The van der Waals surface area contributed by atoms with Crippen LogP contribution < -0.4 is 11.1 Å². The lowest BCUT2D eigenvalue weighted by molar-refractivity contribution is -0.430. The van der Waals surface area contributed by atoms with Crippen molar-refractivity contribution in [1.29, 1.82) is 0 Å². The van der Waals surface area contributed by atoms with E-state index in [0.29, 0.717) is 11.0 Å². The van der Waals surface area contributed by atoms with Gasteiger partial charge in [-0.25, -0.2) is 9.78 Å². The third-order valence-electron chi connectivity index (χ3n) is 6.00. The third kappa shape index (κ3) is 5.78. The molecule has 8 atom stereocenters. The predicted octanol–water partition coefficient (Wildman–Crippen LogP) is -3.86. The maximum absolute atomic E-state index is 12.4. The molecular weight excluding hydrogens is 472 g/mol. The van der Waals surface area contributed by atoms with Gasteiger partial charge in [0, 0.05) is 0 Å². The van der Waals surface area contributed by atoms with Crippen molar-refractivity contribution >= 4 is 11.0 Å². The Hall–Kier alpha value is -2.24. The Balaban J connectivity index is 1.64. The zero-order valence-electron chi connectivity index (χ0n) is 19.0. The van der Waals surface area contributed by atoms with Gasteiger partial charge < -0.3 is 45.5 Å². The maximum atomic E-state index is 12.4. The molecule has 0 radical (unpaired) electrons. The molecule has 0 spiro atoms. The minimum absolute atomic E-state index is 0.320. The fourth-order valence-corrected chi connectivity index (χ4v) is 3.69. The molecule has 8 N–H and O–H groups in total. The largest absolute Gasteiger partial charge is 0.394 e. The lowest BCUT2D eigenvalue weighted by Gasteiger charge is -2.38. The van der Waals surface area contributed by atoms with Crippen molar-refractivity contribution in [2.45, 2.75) is 69.4 Å². The van der Waals surface area contributed by atoms with Crippen LogP contribution in [0.25, 0.3) is 11.0 Å². The molecule has 1 fully saturated rings. The molecule has 1 aromatic heterocycles. The minimum atomic E-state index is -1.85. The van der Waals surface area contributed by atoms with Crippen molar-refractivity contribution in [3.05, 3.63) is 44.0 Å². The summed E-state index contributed by atoms with van der Waals surface area (Å²) < 4.78 is 6.05. The molecule has 1 aromatic carbocycles. The van der Waals surface area contributed by atoms with Crippen molar-refractivity contribution in [2.24, 2.45) is 0 Å². The van der Waals surface area contributed by atoms with Crippen LogP contribution in [0.15, 0.2) is 21.7 Å². The molecule has 0 unspecified atom stereocenters. The quantitative estimate of drug-likeness (QED) is 0.0937. The first-order valence-corrected chi connectivity index (χ1v) is 10.8. The number of nitrogens with zero attached hydrogens (tertiary/aromatic N) is 1. The summed E-state index contributed by atoms with van der Waals surface area (Å²) in [5.74, 6) is 0. The first-order valence-electron chi connectivity index (χ1n) is 10.8. The van der Waals surface area contributed by atoms with E-state index in [-0.39, 0.29) is 0 Å². The van der Waals surface area contributed by atoms with Crippen LogP contribution in [0.5, 0.6) is 0 Å². The Morgan fingerprint density at radius 2 is 1.69 bits per heavy atom. The second-order valence-corrected chi connectivity index (χ2v) is 8.53. The van der Waals surface area contributed by atoms with E-state index in [1.165, 1.54) is 0 Å². The molecular formula is C21H30N2O12.